The molecule has 0 aliphatic heterocycles. The minimum Gasteiger partial charge on any atom is -0.335 e. The number of benzene rings is 1. The summed E-state index contributed by atoms with van der Waals surface area (Å²) < 4.78 is 15.5. The van der Waals surface area contributed by atoms with E-state index in [2.05, 4.69) is 20.8 Å². The highest BCUT2D eigenvalue weighted by atomic mass is 32.2. The van der Waals surface area contributed by atoms with Crippen LogP contribution >= 0.6 is 11.8 Å². The van der Waals surface area contributed by atoms with Crippen LogP contribution in [0.25, 0.3) is 11.4 Å². The van der Waals surface area contributed by atoms with E-state index in [1.165, 1.54) is 6.07 Å². The van der Waals surface area contributed by atoms with Crippen molar-refractivity contribution >= 4 is 23.7 Å². The Hall–Kier alpha value is -2.42. The molecule has 2 rings (SSSR count). The van der Waals surface area contributed by atoms with Crippen molar-refractivity contribution in [2.75, 3.05) is 5.75 Å². The standard InChI is InChI=1S/C16H20FN5O2S/c1-4-10(2)18-15(24)19-13(23)9-25-16-21-20-14(22(16)3)11-7-5-6-8-12(11)17/h5-8,10H,4,9H2,1-3H3,(H2,18,19,23,24)/t10-/m1/s1. The summed E-state index contributed by atoms with van der Waals surface area (Å²) in [4.78, 5) is 23.4. The molecular weight excluding hydrogens is 345 g/mol. The van der Waals surface area contributed by atoms with Crippen molar-refractivity contribution in [1.82, 2.24) is 25.4 Å². The van der Waals surface area contributed by atoms with Crippen LogP contribution in [0.1, 0.15) is 20.3 Å². The van der Waals surface area contributed by atoms with Gasteiger partial charge in [0.1, 0.15) is 5.82 Å². The summed E-state index contributed by atoms with van der Waals surface area (Å²) in [6, 6.07) is 5.73. The van der Waals surface area contributed by atoms with Crippen molar-refractivity contribution in [1.29, 1.82) is 0 Å². The van der Waals surface area contributed by atoms with Gasteiger partial charge < -0.3 is 9.88 Å². The van der Waals surface area contributed by atoms with Crippen LogP contribution in [0, 0.1) is 5.82 Å². The van der Waals surface area contributed by atoms with E-state index in [0.717, 1.165) is 18.2 Å². The van der Waals surface area contributed by atoms with Crippen LogP contribution in [0.4, 0.5) is 9.18 Å². The highest BCUT2D eigenvalue weighted by Gasteiger charge is 2.16. The number of aromatic nitrogens is 3. The van der Waals surface area contributed by atoms with Crippen LogP contribution in [-0.4, -0.2) is 38.5 Å². The molecule has 0 radical (unpaired) electrons. The molecule has 0 fully saturated rings. The first kappa shape index (κ1) is 18.9. The average molecular weight is 365 g/mol. The van der Waals surface area contributed by atoms with E-state index in [4.69, 9.17) is 0 Å². The zero-order valence-electron chi connectivity index (χ0n) is 14.2. The summed E-state index contributed by atoms with van der Waals surface area (Å²) in [5, 5.41) is 13.3. The molecule has 7 nitrogen and oxygen atoms in total. The van der Waals surface area contributed by atoms with Crippen molar-refractivity contribution in [3.8, 4) is 11.4 Å². The molecule has 0 aliphatic rings. The number of nitrogens with one attached hydrogen (secondary N) is 2. The normalized spacial score (nSPS) is 11.8. The molecule has 0 spiro atoms. The fourth-order valence-electron chi connectivity index (χ4n) is 1.97. The Kier molecular flexibility index (Phi) is 6.51. The van der Waals surface area contributed by atoms with E-state index in [1.807, 2.05) is 13.8 Å². The molecule has 0 aliphatic carbocycles. The summed E-state index contributed by atoms with van der Waals surface area (Å²) in [5.74, 6) is -0.470. The molecule has 1 heterocycles. The van der Waals surface area contributed by atoms with Crippen molar-refractivity contribution < 1.29 is 14.0 Å². The van der Waals surface area contributed by atoms with Crippen LogP contribution < -0.4 is 10.6 Å². The molecule has 0 saturated heterocycles. The Morgan fingerprint density at radius 3 is 2.72 bits per heavy atom. The van der Waals surface area contributed by atoms with E-state index in [0.29, 0.717) is 16.5 Å². The molecule has 1 aromatic carbocycles. The zero-order chi connectivity index (χ0) is 18.4. The fourth-order valence-corrected chi connectivity index (χ4v) is 2.68. The van der Waals surface area contributed by atoms with Crippen molar-refractivity contribution in [2.24, 2.45) is 7.05 Å². The molecule has 3 amide bonds. The molecule has 0 unspecified atom stereocenters. The lowest BCUT2D eigenvalue weighted by Gasteiger charge is -2.11. The van der Waals surface area contributed by atoms with Gasteiger partial charge in [-0.2, -0.15) is 0 Å². The summed E-state index contributed by atoms with van der Waals surface area (Å²) >= 11 is 1.12. The molecule has 134 valence electrons. The van der Waals surface area contributed by atoms with Crippen LogP contribution in [0.3, 0.4) is 0 Å². The number of carbonyl (C=O) groups is 2. The topological polar surface area (TPSA) is 88.9 Å². The molecule has 1 aromatic heterocycles. The molecule has 9 heteroatoms. The maximum atomic E-state index is 13.9. The van der Waals surface area contributed by atoms with Gasteiger partial charge in [-0.25, -0.2) is 9.18 Å². The van der Waals surface area contributed by atoms with Gasteiger partial charge in [0.25, 0.3) is 0 Å². The maximum Gasteiger partial charge on any atom is 0.321 e. The highest BCUT2D eigenvalue weighted by Crippen LogP contribution is 2.24. The van der Waals surface area contributed by atoms with E-state index in [-0.39, 0.29) is 11.8 Å². The number of thioether (sulfide) groups is 1. The Balaban J connectivity index is 1.95. The number of nitrogens with zero attached hydrogens (tertiary/aromatic N) is 3. The summed E-state index contributed by atoms with van der Waals surface area (Å²) in [5.41, 5.74) is 0.335. The highest BCUT2D eigenvalue weighted by molar-refractivity contribution is 7.99. The molecular formula is C16H20FN5O2S. The summed E-state index contributed by atoms with van der Waals surface area (Å²) in [6.45, 7) is 3.78. The first-order valence-electron chi connectivity index (χ1n) is 7.79. The van der Waals surface area contributed by atoms with Gasteiger partial charge in [0, 0.05) is 13.1 Å². The number of urea groups is 1. The van der Waals surface area contributed by atoms with Gasteiger partial charge in [0.15, 0.2) is 11.0 Å². The largest absolute Gasteiger partial charge is 0.335 e. The van der Waals surface area contributed by atoms with E-state index in [9.17, 15) is 14.0 Å². The van der Waals surface area contributed by atoms with Crippen molar-refractivity contribution in [2.45, 2.75) is 31.5 Å². The molecule has 25 heavy (non-hydrogen) atoms. The Morgan fingerprint density at radius 2 is 2.04 bits per heavy atom. The van der Waals surface area contributed by atoms with Gasteiger partial charge in [-0.3, -0.25) is 10.1 Å². The first-order chi connectivity index (χ1) is 11.9. The fraction of sp³-hybridized carbons (Fsp3) is 0.375. The number of carbonyl (C=O) groups excluding carboxylic acids is 2. The van der Waals surface area contributed by atoms with E-state index in [1.54, 1.807) is 29.8 Å². The van der Waals surface area contributed by atoms with Crippen LogP contribution in [0.2, 0.25) is 0 Å². The van der Waals surface area contributed by atoms with Gasteiger partial charge in [-0.15, -0.1) is 10.2 Å². The van der Waals surface area contributed by atoms with Crippen LogP contribution in [-0.2, 0) is 11.8 Å². The predicted molar refractivity (Wildman–Crippen MR) is 93.5 cm³/mol. The first-order valence-corrected chi connectivity index (χ1v) is 8.78. The lowest BCUT2D eigenvalue weighted by atomic mass is 10.2. The van der Waals surface area contributed by atoms with Crippen LogP contribution in [0.5, 0.6) is 0 Å². The maximum absolute atomic E-state index is 13.9. The Bertz CT molecular complexity index is 765. The van der Waals surface area contributed by atoms with Gasteiger partial charge in [-0.05, 0) is 25.5 Å². The number of imide groups is 1. The number of hydrogen-bond donors (Lipinski definition) is 2. The van der Waals surface area contributed by atoms with Crippen LogP contribution in [0.15, 0.2) is 29.4 Å². The minimum atomic E-state index is -0.523. The third-order valence-electron chi connectivity index (χ3n) is 3.52. The zero-order valence-corrected chi connectivity index (χ0v) is 15.1. The van der Waals surface area contributed by atoms with Gasteiger partial charge in [0.05, 0.1) is 11.3 Å². The molecule has 2 aromatic rings. The third-order valence-corrected chi connectivity index (χ3v) is 4.55. The molecule has 1 atom stereocenters. The second kappa shape index (κ2) is 8.61. The quantitative estimate of drug-likeness (QED) is 0.767. The second-order valence-electron chi connectivity index (χ2n) is 5.46. The molecule has 2 N–H and O–H groups in total. The number of halogens is 1. The van der Waals surface area contributed by atoms with E-state index < -0.39 is 17.8 Å². The van der Waals surface area contributed by atoms with Gasteiger partial charge in [0.2, 0.25) is 5.91 Å². The third kappa shape index (κ3) is 5.02. The summed E-state index contributed by atoms with van der Waals surface area (Å²) in [7, 11) is 1.69. The predicted octanol–water partition coefficient (Wildman–Crippen LogP) is 2.34. The Morgan fingerprint density at radius 1 is 1.32 bits per heavy atom. The number of hydrogen-bond acceptors (Lipinski definition) is 5. The smallest absolute Gasteiger partial charge is 0.321 e. The van der Waals surface area contributed by atoms with Crippen molar-refractivity contribution in [3.05, 3.63) is 30.1 Å². The molecule has 0 saturated carbocycles. The monoisotopic (exact) mass is 365 g/mol. The molecule has 0 bridgehead atoms. The number of rotatable bonds is 6. The van der Waals surface area contributed by atoms with Gasteiger partial charge in [-0.1, -0.05) is 30.8 Å². The minimum absolute atomic E-state index is 0.00281. The average Bonchev–Trinajstić information content (AvgIpc) is 2.93. The Labute approximate surface area is 149 Å². The SMILES string of the molecule is CC[C@@H](C)NC(=O)NC(=O)CSc1nnc(-c2ccccc2F)n1C. The van der Waals surface area contributed by atoms with Crippen molar-refractivity contribution in [3.63, 3.8) is 0 Å². The van der Waals surface area contributed by atoms with E-state index >= 15 is 0 Å². The van der Waals surface area contributed by atoms with Gasteiger partial charge >= 0.3 is 6.03 Å². The second-order valence-corrected chi connectivity index (χ2v) is 6.41. The summed E-state index contributed by atoms with van der Waals surface area (Å²) in [6.07, 6.45) is 0.772. The lowest BCUT2D eigenvalue weighted by molar-refractivity contribution is -0.117. The lowest BCUT2D eigenvalue weighted by Crippen LogP contribution is -2.43. The number of amides is 3.